The summed E-state index contributed by atoms with van der Waals surface area (Å²) in [4.78, 5) is 0.343. The van der Waals surface area contributed by atoms with Gasteiger partial charge in [-0.15, -0.1) is 0 Å². The van der Waals surface area contributed by atoms with Crippen molar-refractivity contribution >= 4 is 9.84 Å². The predicted molar refractivity (Wildman–Crippen MR) is 96.6 cm³/mol. The molecule has 1 unspecified atom stereocenters. The van der Waals surface area contributed by atoms with Crippen molar-refractivity contribution in [3.63, 3.8) is 0 Å². The van der Waals surface area contributed by atoms with Crippen LogP contribution in [0.2, 0.25) is 0 Å². The van der Waals surface area contributed by atoms with Crippen LogP contribution in [0, 0.1) is 5.92 Å². The van der Waals surface area contributed by atoms with Gasteiger partial charge >= 0.3 is 0 Å². The second-order valence-corrected chi connectivity index (χ2v) is 8.39. The maximum absolute atomic E-state index is 12.9. The Bertz CT molecular complexity index is 758. The minimum Gasteiger partial charge on any atom is -0.334 e. The zero-order valence-electron chi connectivity index (χ0n) is 13.8. The predicted octanol–water partition coefficient (Wildman–Crippen LogP) is 3.19. The van der Waals surface area contributed by atoms with E-state index in [2.05, 4.69) is 11.9 Å². The second-order valence-electron chi connectivity index (χ2n) is 6.34. The molecule has 128 valence electrons. The van der Waals surface area contributed by atoms with E-state index in [0.717, 1.165) is 19.5 Å². The molecule has 0 amide bonds. The third-order valence-electron chi connectivity index (χ3n) is 4.68. The van der Waals surface area contributed by atoms with Crippen LogP contribution in [0.25, 0.3) is 0 Å². The Morgan fingerprint density at radius 2 is 1.79 bits per heavy atom. The van der Waals surface area contributed by atoms with Crippen LogP contribution in [-0.4, -0.2) is 26.1 Å². The maximum Gasteiger partial charge on any atom is 0.203 e. The van der Waals surface area contributed by atoms with Crippen LogP contribution in [0.5, 0.6) is 0 Å². The number of rotatable bonds is 6. The average molecular weight is 344 g/mol. The topological polar surface area (TPSA) is 51.1 Å². The number of benzene rings is 1. The second kappa shape index (κ2) is 7.36. The molecule has 1 aromatic heterocycles. The van der Waals surface area contributed by atoms with Gasteiger partial charge in [-0.05, 0) is 68.1 Å². The molecule has 2 heterocycles. The van der Waals surface area contributed by atoms with E-state index in [1.807, 2.05) is 24.3 Å². The number of piperidine rings is 1. The summed E-state index contributed by atoms with van der Waals surface area (Å²) in [5, 5.41) is 2.60. The molecule has 5 heteroatoms. The van der Waals surface area contributed by atoms with Crippen molar-refractivity contribution < 1.29 is 8.42 Å². The minimum atomic E-state index is -3.49. The van der Waals surface area contributed by atoms with Crippen LogP contribution >= 0.6 is 0 Å². The summed E-state index contributed by atoms with van der Waals surface area (Å²) in [6.45, 7) is 5.85. The van der Waals surface area contributed by atoms with Gasteiger partial charge in [-0.1, -0.05) is 24.8 Å². The van der Waals surface area contributed by atoms with Gasteiger partial charge in [-0.3, -0.25) is 0 Å². The van der Waals surface area contributed by atoms with Crippen molar-refractivity contribution in [1.29, 1.82) is 0 Å². The van der Waals surface area contributed by atoms with Crippen LogP contribution in [-0.2, 0) is 16.3 Å². The van der Waals surface area contributed by atoms with Gasteiger partial charge in [0.15, 0.2) is 5.37 Å². The number of sulfone groups is 1. The van der Waals surface area contributed by atoms with Crippen LogP contribution < -0.4 is 5.32 Å². The lowest BCUT2D eigenvalue weighted by molar-refractivity contribution is 0.372. The molecule has 4 nitrogen and oxygen atoms in total. The quantitative estimate of drug-likeness (QED) is 0.819. The van der Waals surface area contributed by atoms with Gasteiger partial charge in [0, 0.05) is 12.4 Å². The molecule has 24 heavy (non-hydrogen) atoms. The molecule has 0 bridgehead atoms. The fourth-order valence-corrected chi connectivity index (χ4v) is 4.81. The Labute approximate surface area is 144 Å². The summed E-state index contributed by atoms with van der Waals surface area (Å²) in [7, 11) is -3.49. The zero-order chi connectivity index (χ0) is 17.0. The van der Waals surface area contributed by atoms with Crippen LogP contribution in [0.1, 0.15) is 23.8 Å². The molecule has 1 N–H and O–H groups in total. The van der Waals surface area contributed by atoms with E-state index >= 15 is 0 Å². The van der Waals surface area contributed by atoms with Gasteiger partial charge in [-0.2, -0.15) is 0 Å². The highest BCUT2D eigenvalue weighted by Gasteiger charge is 2.25. The van der Waals surface area contributed by atoms with Crippen molar-refractivity contribution in [3.8, 4) is 0 Å². The van der Waals surface area contributed by atoms with Gasteiger partial charge < -0.3 is 9.88 Å². The molecule has 0 saturated carbocycles. The van der Waals surface area contributed by atoms with Gasteiger partial charge in [0.05, 0.1) is 4.90 Å². The summed E-state index contributed by atoms with van der Waals surface area (Å²) in [5.41, 5.74) is 1.21. The first-order valence-electron chi connectivity index (χ1n) is 8.40. The lowest BCUT2D eigenvalue weighted by Crippen LogP contribution is -2.28. The maximum atomic E-state index is 12.9. The normalized spacial score (nSPS) is 17.5. The summed E-state index contributed by atoms with van der Waals surface area (Å²) < 4.78 is 27.4. The van der Waals surface area contributed by atoms with Gasteiger partial charge in [0.25, 0.3) is 0 Å². The zero-order valence-corrected chi connectivity index (χ0v) is 14.6. The van der Waals surface area contributed by atoms with Crippen molar-refractivity contribution in [2.75, 3.05) is 13.1 Å². The summed E-state index contributed by atoms with van der Waals surface area (Å²) >= 11 is 0. The molecule has 1 aromatic carbocycles. The van der Waals surface area contributed by atoms with E-state index in [4.69, 9.17) is 0 Å². The Kier molecular flexibility index (Phi) is 5.21. The van der Waals surface area contributed by atoms with E-state index in [1.165, 1.54) is 24.5 Å². The molecular formula is C19H24N2O2S. The van der Waals surface area contributed by atoms with Crippen molar-refractivity contribution in [2.45, 2.75) is 29.5 Å². The van der Waals surface area contributed by atoms with Crippen molar-refractivity contribution in [1.82, 2.24) is 9.88 Å². The van der Waals surface area contributed by atoms with Crippen LogP contribution in [0.3, 0.4) is 0 Å². The lowest BCUT2D eigenvalue weighted by Gasteiger charge is -2.22. The number of nitrogens with one attached hydrogen (secondary N) is 1. The highest BCUT2D eigenvalue weighted by Crippen LogP contribution is 2.26. The van der Waals surface area contributed by atoms with Gasteiger partial charge in [0.2, 0.25) is 9.84 Å². The average Bonchev–Trinajstić information content (AvgIpc) is 3.11. The molecule has 1 aliphatic heterocycles. The summed E-state index contributed by atoms with van der Waals surface area (Å²) in [6.07, 6.45) is 8.35. The first-order chi connectivity index (χ1) is 11.6. The van der Waals surface area contributed by atoms with Crippen LogP contribution in [0.15, 0.2) is 66.3 Å². The molecule has 0 radical (unpaired) electrons. The summed E-state index contributed by atoms with van der Waals surface area (Å²) in [6, 6.07) is 11.0. The molecule has 0 spiro atoms. The molecular weight excluding hydrogens is 320 g/mol. The van der Waals surface area contributed by atoms with E-state index < -0.39 is 15.2 Å². The molecule has 2 aromatic rings. The third-order valence-corrected chi connectivity index (χ3v) is 6.68. The fourth-order valence-electron chi connectivity index (χ4n) is 3.30. The highest BCUT2D eigenvalue weighted by molar-refractivity contribution is 7.91. The lowest BCUT2D eigenvalue weighted by atomic mass is 9.91. The number of nitrogens with zero attached hydrogens (tertiary/aromatic N) is 1. The third kappa shape index (κ3) is 3.62. The smallest absolute Gasteiger partial charge is 0.203 e. The Balaban J connectivity index is 1.77. The molecule has 1 atom stereocenters. The first-order valence-corrected chi connectivity index (χ1v) is 9.94. The highest BCUT2D eigenvalue weighted by atomic mass is 32.2. The summed E-state index contributed by atoms with van der Waals surface area (Å²) in [5.74, 6) is 0.689. The van der Waals surface area contributed by atoms with E-state index in [1.54, 1.807) is 29.1 Å². The number of hydrogen-bond acceptors (Lipinski definition) is 3. The van der Waals surface area contributed by atoms with Crippen LogP contribution in [0.4, 0.5) is 0 Å². The molecule has 1 saturated heterocycles. The van der Waals surface area contributed by atoms with Gasteiger partial charge in [0.1, 0.15) is 0 Å². The van der Waals surface area contributed by atoms with Crippen molar-refractivity contribution in [2.24, 2.45) is 5.92 Å². The van der Waals surface area contributed by atoms with Crippen molar-refractivity contribution in [3.05, 3.63) is 67.0 Å². The molecule has 0 aliphatic carbocycles. The Hall–Kier alpha value is -1.85. The van der Waals surface area contributed by atoms with E-state index in [0.29, 0.717) is 10.8 Å². The number of aromatic nitrogens is 1. The Morgan fingerprint density at radius 3 is 2.38 bits per heavy atom. The minimum absolute atomic E-state index is 0.343. The van der Waals surface area contributed by atoms with E-state index in [-0.39, 0.29) is 0 Å². The first kappa shape index (κ1) is 17.0. The molecule has 1 fully saturated rings. The monoisotopic (exact) mass is 344 g/mol. The molecule has 1 aliphatic rings. The van der Waals surface area contributed by atoms with E-state index in [9.17, 15) is 8.42 Å². The Morgan fingerprint density at radius 1 is 1.17 bits per heavy atom. The molecule has 3 rings (SSSR count). The number of hydrogen-bond donors (Lipinski definition) is 1. The van der Waals surface area contributed by atoms with Gasteiger partial charge in [-0.25, -0.2) is 8.42 Å². The SMILES string of the molecule is C=CC(n1cccc1)S(=O)(=O)c1ccc(CC2CCNCC2)cc1. The standard InChI is InChI=1S/C19H24N2O2S/c1-2-19(21-13-3-4-14-21)24(22,23)18-7-5-16(6-8-18)15-17-9-11-20-12-10-17/h2-8,13-14,17,19-20H,1,9-12,15H2. The largest absolute Gasteiger partial charge is 0.334 e. The fraction of sp³-hybridized carbons (Fsp3) is 0.368.